The van der Waals surface area contributed by atoms with E-state index in [-0.39, 0.29) is 0 Å². The molecule has 0 saturated carbocycles. The second kappa shape index (κ2) is 6.10. The molecule has 2 nitrogen and oxygen atoms in total. The van der Waals surface area contributed by atoms with Crippen LogP contribution in [0.3, 0.4) is 0 Å². The van der Waals surface area contributed by atoms with Crippen LogP contribution in [0.5, 0.6) is 11.5 Å². The van der Waals surface area contributed by atoms with Gasteiger partial charge in [0.05, 0.1) is 14.2 Å². The van der Waals surface area contributed by atoms with Gasteiger partial charge in [0.25, 0.3) is 0 Å². The molecule has 0 unspecified atom stereocenters. The van der Waals surface area contributed by atoms with Gasteiger partial charge in [-0.15, -0.1) is 0 Å². The molecule has 0 bridgehead atoms. The van der Waals surface area contributed by atoms with Crippen LogP contribution in [0.25, 0.3) is 5.57 Å². The molecule has 0 aliphatic carbocycles. The van der Waals surface area contributed by atoms with Gasteiger partial charge >= 0.3 is 0 Å². The molecule has 2 aromatic carbocycles. The number of hydrogen-bond acceptors (Lipinski definition) is 2. The Bertz CT molecular complexity index is 616. The Labute approximate surface area is 117 Å². The topological polar surface area (TPSA) is 18.5 Å². The molecular weight excluding hydrogens is 236 g/mol. The highest BCUT2D eigenvalue weighted by Gasteiger charge is 2.02. The van der Waals surface area contributed by atoms with Gasteiger partial charge in [0.1, 0.15) is 11.5 Å². The molecule has 0 aliphatic rings. The van der Waals surface area contributed by atoms with E-state index in [4.69, 9.17) is 12.2 Å². The van der Waals surface area contributed by atoms with Gasteiger partial charge in [0.2, 0.25) is 0 Å². The minimum Gasteiger partial charge on any atom is -0.497 e. The second-order valence-corrected chi connectivity index (χ2v) is 4.06. The Kier molecular flexibility index (Phi) is 3.43. The normalized spacial score (nSPS) is 12.3. The summed E-state index contributed by atoms with van der Waals surface area (Å²) in [6.07, 6.45) is -1.65. The first-order chi connectivity index (χ1) is 9.98. The fourth-order valence-corrected chi connectivity index (χ4v) is 1.71. The Morgan fingerprint density at radius 2 is 1.42 bits per heavy atom. The predicted octanol–water partition coefficient (Wildman–Crippen LogP) is 3.96. The number of allylic oxidation sites excluding steroid dienone is 1. The van der Waals surface area contributed by atoms with Crippen LogP contribution >= 0.6 is 0 Å². The number of benzene rings is 2. The van der Waals surface area contributed by atoms with Crippen molar-refractivity contribution in [1.82, 2.24) is 0 Å². The van der Waals surface area contributed by atoms with E-state index in [2.05, 4.69) is 6.58 Å². The van der Waals surface area contributed by atoms with Crippen LogP contribution in [-0.4, -0.2) is 14.2 Å². The molecular formula is C17H18O2. The van der Waals surface area contributed by atoms with Crippen molar-refractivity contribution < 1.29 is 12.2 Å². The standard InChI is InChI=1S/C17H18O2/c1-13(15-6-10-17(19-3)11-7-15)12-14-4-8-16(18-2)9-5-14/h4-11H,1,12H2,2-3H3/i12D2. The molecule has 2 rings (SSSR count). The highest BCUT2D eigenvalue weighted by atomic mass is 16.5. The van der Waals surface area contributed by atoms with Gasteiger partial charge in [-0.2, -0.15) is 0 Å². The lowest BCUT2D eigenvalue weighted by atomic mass is 9.99. The molecule has 98 valence electrons. The first-order valence-corrected chi connectivity index (χ1v) is 5.97. The van der Waals surface area contributed by atoms with Gasteiger partial charge in [-0.05, 0) is 47.3 Å². The predicted molar refractivity (Wildman–Crippen MR) is 78.7 cm³/mol. The highest BCUT2D eigenvalue weighted by Crippen LogP contribution is 2.22. The Morgan fingerprint density at radius 3 is 1.89 bits per heavy atom. The van der Waals surface area contributed by atoms with Gasteiger partial charge in [-0.1, -0.05) is 30.8 Å². The number of methoxy groups -OCH3 is 2. The maximum absolute atomic E-state index is 8.33. The molecule has 0 aliphatic heterocycles. The molecule has 0 atom stereocenters. The SMILES string of the molecule is [2H]C([2H])(C(=C)c1ccc(OC)cc1)c1ccc(OC)cc1. The first-order valence-electron chi connectivity index (χ1n) is 6.97. The van der Waals surface area contributed by atoms with E-state index >= 15 is 0 Å². The lowest BCUT2D eigenvalue weighted by Crippen LogP contribution is -1.91. The van der Waals surface area contributed by atoms with E-state index in [9.17, 15) is 0 Å². The molecule has 0 amide bonds. The molecule has 0 heterocycles. The van der Waals surface area contributed by atoms with Crippen LogP contribution in [-0.2, 0) is 6.37 Å². The van der Waals surface area contributed by atoms with Gasteiger partial charge in [0.15, 0.2) is 0 Å². The van der Waals surface area contributed by atoms with Crippen molar-refractivity contribution in [1.29, 1.82) is 0 Å². The fraction of sp³-hybridized carbons (Fsp3) is 0.176. The molecule has 0 N–H and O–H groups in total. The summed E-state index contributed by atoms with van der Waals surface area (Å²) in [6, 6.07) is 14.1. The Balaban J connectivity index is 2.29. The van der Waals surface area contributed by atoms with Gasteiger partial charge in [-0.3, -0.25) is 0 Å². The lowest BCUT2D eigenvalue weighted by molar-refractivity contribution is 0.414. The van der Waals surface area contributed by atoms with E-state index < -0.39 is 6.37 Å². The summed E-state index contributed by atoms with van der Waals surface area (Å²) in [4.78, 5) is 0. The summed E-state index contributed by atoms with van der Waals surface area (Å²) in [5, 5.41) is 0. The first kappa shape index (κ1) is 10.7. The van der Waals surface area contributed by atoms with Gasteiger partial charge < -0.3 is 9.47 Å². The zero-order valence-electron chi connectivity index (χ0n) is 13.1. The lowest BCUT2D eigenvalue weighted by Gasteiger charge is -2.08. The monoisotopic (exact) mass is 256 g/mol. The summed E-state index contributed by atoms with van der Waals surface area (Å²) in [5.74, 6) is 1.43. The van der Waals surface area contributed by atoms with E-state index in [0.717, 1.165) is 11.3 Å². The van der Waals surface area contributed by atoms with Crippen LogP contribution in [0.2, 0.25) is 0 Å². The Hall–Kier alpha value is -2.22. The molecule has 19 heavy (non-hydrogen) atoms. The van der Waals surface area contributed by atoms with Crippen molar-refractivity contribution >= 4 is 5.57 Å². The fourth-order valence-electron chi connectivity index (χ4n) is 1.71. The summed E-state index contributed by atoms with van der Waals surface area (Å²) >= 11 is 0. The summed E-state index contributed by atoms with van der Waals surface area (Å²) < 4.78 is 26.9. The van der Waals surface area contributed by atoms with Crippen LogP contribution in [0.15, 0.2) is 55.1 Å². The van der Waals surface area contributed by atoms with Crippen molar-refractivity contribution in [3.05, 3.63) is 66.2 Å². The number of rotatable bonds is 5. The summed E-state index contributed by atoms with van der Waals surface area (Å²) in [6.45, 7) is 3.92. The largest absolute Gasteiger partial charge is 0.497 e. The molecule has 0 fully saturated rings. The summed E-state index contributed by atoms with van der Waals surface area (Å²) in [5.41, 5.74) is 1.70. The third-order valence-electron chi connectivity index (χ3n) is 2.82. The Morgan fingerprint density at radius 1 is 0.947 bits per heavy atom. The maximum atomic E-state index is 8.33. The van der Waals surface area contributed by atoms with Crippen molar-refractivity contribution in [3.63, 3.8) is 0 Å². The van der Waals surface area contributed by atoms with Gasteiger partial charge in [0, 0.05) is 2.74 Å². The van der Waals surface area contributed by atoms with E-state index in [1.54, 1.807) is 50.6 Å². The minimum atomic E-state index is -1.65. The highest BCUT2D eigenvalue weighted by molar-refractivity contribution is 5.66. The van der Waals surface area contributed by atoms with Crippen molar-refractivity contribution in [3.8, 4) is 11.5 Å². The molecule has 2 heteroatoms. The van der Waals surface area contributed by atoms with Crippen LogP contribution < -0.4 is 9.47 Å². The van der Waals surface area contributed by atoms with E-state index in [0.29, 0.717) is 16.9 Å². The molecule has 0 saturated heterocycles. The maximum Gasteiger partial charge on any atom is 0.118 e. The third-order valence-corrected chi connectivity index (χ3v) is 2.82. The molecule has 0 radical (unpaired) electrons. The van der Waals surface area contributed by atoms with Crippen LogP contribution in [0, 0.1) is 0 Å². The van der Waals surface area contributed by atoms with E-state index in [1.807, 2.05) is 12.1 Å². The minimum absolute atomic E-state index is 0.412. The molecule has 0 aromatic heterocycles. The molecule has 2 aromatic rings. The smallest absolute Gasteiger partial charge is 0.118 e. The van der Waals surface area contributed by atoms with E-state index in [1.165, 1.54) is 0 Å². The number of ether oxygens (including phenoxy) is 2. The number of hydrogen-bond donors (Lipinski definition) is 0. The van der Waals surface area contributed by atoms with Crippen LogP contribution in [0.1, 0.15) is 13.9 Å². The van der Waals surface area contributed by atoms with Crippen LogP contribution in [0.4, 0.5) is 0 Å². The molecule has 0 spiro atoms. The summed E-state index contributed by atoms with van der Waals surface area (Å²) in [7, 11) is 3.18. The quantitative estimate of drug-likeness (QED) is 0.806. The van der Waals surface area contributed by atoms with Gasteiger partial charge in [-0.25, -0.2) is 0 Å². The second-order valence-electron chi connectivity index (χ2n) is 4.06. The zero-order valence-corrected chi connectivity index (χ0v) is 11.1. The van der Waals surface area contributed by atoms with Crippen molar-refractivity contribution in [2.24, 2.45) is 0 Å². The van der Waals surface area contributed by atoms with Crippen molar-refractivity contribution in [2.75, 3.05) is 14.2 Å². The third kappa shape index (κ3) is 3.38. The zero-order chi connectivity index (χ0) is 15.5. The average Bonchev–Trinajstić information content (AvgIpc) is 2.54. The van der Waals surface area contributed by atoms with Crippen molar-refractivity contribution in [2.45, 2.75) is 6.37 Å². The average molecular weight is 256 g/mol.